The minimum Gasteiger partial charge on any atom is -0.503 e. The van der Waals surface area contributed by atoms with Crippen molar-refractivity contribution in [2.24, 2.45) is 0 Å². The number of pyridine rings is 2. The normalized spacial score (nSPS) is 9.54. The van der Waals surface area contributed by atoms with E-state index >= 15 is 0 Å². The first-order valence-electron chi connectivity index (χ1n) is 3.44. The van der Waals surface area contributed by atoms with E-state index in [0.717, 1.165) is 0 Å². The van der Waals surface area contributed by atoms with Gasteiger partial charge in [0.15, 0.2) is 5.75 Å². The molecule has 0 aromatic carbocycles. The second-order valence-corrected chi connectivity index (χ2v) is 2.42. The van der Waals surface area contributed by atoms with Gasteiger partial charge in [-0.05, 0) is 12.1 Å². The highest BCUT2D eigenvalue weighted by atomic mass is 79.9. The predicted molar refractivity (Wildman–Crippen MR) is 54.4 cm³/mol. The van der Waals surface area contributed by atoms with E-state index in [2.05, 4.69) is 9.97 Å². The number of H-pyrrole nitrogens is 1. The number of aromatic amines is 1. The fourth-order valence-electron chi connectivity index (χ4n) is 1.02. The summed E-state index contributed by atoms with van der Waals surface area (Å²) < 4.78 is 0. The molecule has 2 rings (SSSR count). The van der Waals surface area contributed by atoms with Gasteiger partial charge >= 0.3 is 0 Å². The third-order valence-electron chi connectivity index (χ3n) is 1.59. The molecule has 0 aliphatic heterocycles. The molecule has 2 N–H and O–H groups in total. The Kier molecular flexibility index (Phi) is 2.67. The number of nitrogens with zero attached hydrogens (tertiary/aromatic N) is 1. The van der Waals surface area contributed by atoms with Gasteiger partial charge in [-0.25, -0.2) is 0 Å². The van der Waals surface area contributed by atoms with Crippen molar-refractivity contribution in [2.45, 2.75) is 0 Å². The Morgan fingerprint density at radius 2 is 2.23 bits per heavy atom. The molecule has 0 fully saturated rings. The van der Waals surface area contributed by atoms with Gasteiger partial charge < -0.3 is 10.1 Å². The first-order valence-corrected chi connectivity index (χ1v) is 3.44. The Bertz CT molecular complexity index is 481. The first-order chi connectivity index (χ1) is 5.77. The van der Waals surface area contributed by atoms with Crippen molar-refractivity contribution in [1.82, 2.24) is 9.97 Å². The number of aromatic nitrogens is 2. The van der Waals surface area contributed by atoms with Crippen molar-refractivity contribution in [2.75, 3.05) is 0 Å². The lowest BCUT2D eigenvalue weighted by atomic mass is 10.3. The lowest BCUT2D eigenvalue weighted by molar-refractivity contribution is 0.468. The summed E-state index contributed by atoms with van der Waals surface area (Å²) in [7, 11) is 0. The average molecular weight is 243 g/mol. The van der Waals surface area contributed by atoms with Crippen LogP contribution in [0.5, 0.6) is 5.75 Å². The monoisotopic (exact) mass is 242 g/mol. The van der Waals surface area contributed by atoms with Crippen LogP contribution in [0.15, 0.2) is 29.2 Å². The van der Waals surface area contributed by atoms with E-state index in [1.54, 1.807) is 18.3 Å². The van der Waals surface area contributed by atoms with Gasteiger partial charge in [0.2, 0.25) is 0 Å². The third kappa shape index (κ3) is 1.70. The molecular weight excluding hydrogens is 236 g/mol. The van der Waals surface area contributed by atoms with E-state index in [1.807, 2.05) is 0 Å². The van der Waals surface area contributed by atoms with Crippen LogP contribution in [0.25, 0.3) is 11.0 Å². The van der Waals surface area contributed by atoms with Crippen LogP contribution < -0.4 is 5.56 Å². The van der Waals surface area contributed by atoms with Gasteiger partial charge in [0, 0.05) is 12.3 Å². The molecule has 0 saturated heterocycles. The highest BCUT2D eigenvalue weighted by Gasteiger charge is 1.99. The topological polar surface area (TPSA) is 66.0 Å². The molecular formula is C8H7BrN2O2. The zero-order valence-electron chi connectivity index (χ0n) is 6.52. The lowest BCUT2D eigenvalue weighted by Gasteiger charge is -1.95. The van der Waals surface area contributed by atoms with Crippen molar-refractivity contribution in [3.8, 4) is 5.75 Å². The number of nitrogens with one attached hydrogen (secondary N) is 1. The van der Waals surface area contributed by atoms with Gasteiger partial charge in [-0.1, -0.05) is 0 Å². The number of fused-ring (bicyclic) bond motifs is 1. The second kappa shape index (κ2) is 3.57. The molecule has 4 nitrogen and oxygen atoms in total. The summed E-state index contributed by atoms with van der Waals surface area (Å²) in [6.07, 6.45) is 1.60. The maximum atomic E-state index is 10.9. The fraction of sp³-hybridized carbons (Fsp3) is 0. The SMILES string of the molecule is Br.O=c1[nH]c2cccnc2cc1O. The van der Waals surface area contributed by atoms with Gasteiger partial charge in [-0.3, -0.25) is 9.78 Å². The van der Waals surface area contributed by atoms with Crippen molar-refractivity contribution in [3.63, 3.8) is 0 Å². The largest absolute Gasteiger partial charge is 0.503 e. The summed E-state index contributed by atoms with van der Waals surface area (Å²) in [4.78, 5) is 17.3. The van der Waals surface area contributed by atoms with Gasteiger partial charge in [0.1, 0.15) is 0 Å². The zero-order valence-corrected chi connectivity index (χ0v) is 8.23. The standard InChI is InChI=1S/C8H6N2O2.BrH/c11-7-4-6-5(10-8(7)12)2-1-3-9-6;/h1-4,11H,(H,10,12);1H. The molecule has 0 radical (unpaired) electrons. The number of hydrogen-bond donors (Lipinski definition) is 2. The molecule has 0 unspecified atom stereocenters. The molecule has 0 aliphatic rings. The van der Waals surface area contributed by atoms with Crippen molar-refractivity contribution in [3.05, 3.63) is 34.7 Å². The van der Waals surface area contributed by atoms with Gasteiger partial charge in [0.25, 0.3) is 5.56 Å². The molecule has 13 heavy (non-hydrogen) atoms. The molecule has 0 atom stereocenters. The maximum absolute atomic E-state index is 10.9. The maximum Gasteiger partial charge on any atom is 0.290 e. The summed E-state index contributed by atoms with van der Waals surface area (Å²) in [6.45, 7) is 0. The van der Waals surface area contributed by atoms with E-state index < -0.39 is 5.56 Å². The van der Waals surface area contributed by atoms with Gasteiger partial charge in [-0.15, -0.1) is 17.0 Å². The summed E-state index contributed by atoms with van der Waals surface area (Å²) >= 11 is 0. The summed E-state index contributed by atoms with van der Waals surface area (Å²) in [5.74, 6) is -0.304. The van der Waals surface area contributed by atoms with E-state index in [9.17, 15) is 4.79 Å². The quantitative estimate of drug-likeness (QED) is 0.730. The van der Waals surface area contributed by atoms with Crippen LogP contribution in [-0.4, -0.2) is 15.1 Å². The highest BCUT2D eigenvalue weighted by Crippen LogP contribution is 2.09. The highest BCUT2D eigenvalue weighted by molar-refractivity contribution is 8.93. The Morgan fingerprint density at radius 1 is 1.46 bits per heavy atom. The number of rotatable bonds is 0. The molecule has 2 aromatic rings. The third-order valence-corrected chi connectivity index (χ3v) is 1.59. The Balaban J connectivity index is 0.000000845. The van der Waals surface area contributed by atoms with Crippen molar-refractivity contribution >= 4 is 28.0 Å². The minimum absolute atomic E-state index is 0. The first kappa shape index (κ1) is 9.73. The number of aromatic hydroxyl groups is 1. The molecule has 2 aromatic heterocycles. The van der Waals surface area contributed by atoms with Crippen LogP contribution in [-0.2, 0) is 0 Å². The van der Waals surface area contributed by atoms with Crippen LogP contribution >= 0.6 is 17.0 Å². The predicted octanol–water partition coefficient (Wildman–Crippen LogP) is 1.21. The van der Waals surface area contributed by atoms with Crippen molar-refractivity contribution in [1.29, 1.82) is 0 Å². The van der Waals surface area contributed by atoms with Gasteiger partial charge in [-0.2, -0.15) is 0 Å². The van der Waals surface area contributed by atoms with Crippen LogP contribution in [0, 0.1) is 0 Å². The number of halogens is 1. The molecule has 0 saturated carbocycles. The van der Waals surface area contributed by atoms with Gasteiger partial charge in [0.05, 0.1) is 11.0 Å². The van der Waals surface area contributed by atoms with Crippen molar-refractivity contribution < 1.29 is 5.11 Å². The second-order valence-electron chi connectivity index (χ2n) is 2.42. The molecule has 68 valence electrons. The molecule has 0 aliphatic carbocycles. The van der Waals surface area contributed by atoms with E-state index in [1.165, 1.54) is 6.07 Å². The average Bonchev–Trinajstić information content (AvgIpc) is 2.07. The Labute approximate surface area is 84.0 Å². The molecule has 0 spiro atoms. The molecule has 2 heterocycles. The lowest BCUT2D eigenvalue weighted by Crippen LogP contribution is -2.04. The van der Waals surface area contributed by atoms with Crippen LogP contribution in [0.2, 0.25) is 0 Å². The van der Waals surface area contributed by atoms with Crippen LogP contribution in [0.1, 0.15) is 0 Å². The number of hydrogen-bond acceptors (Lipinski definition) is 3. The Hall–Kier alpha value is -1.36. The van der Waals surface area contributed by atoms with Crippen LogP contribution in [0.3, 0.4) is 0 Å². The minimum atomic E-state index is -0.490. The zero-order chi connectivity index (χ0) is 8.55. The summed E-state index contributed by atoms with van der Waals surface area (Å²) in [5.41, 5.74) is 0.713. The summed E-state index contributed by atoms with van der Waals surface area (Å²) in [6, 6.07) is 4.78. The van der Waals surface area contributed by atoms with E-state index in [4.69, 9.17) is 5.11 Å². The van der Waals surface area contributed by atoms with E-state index in [-0.39, 0.29) is 22.7 Å². The Morgan fingerprint density at radius 3 is 3.00 bits per heavy atom. The molecule has 0 bridgehead atoms. The van der Waals surface area contributed by atoms with E-state index in [0.29, 0.717) is 11.0 Å². The summed E-state index contributed by atoms with van der Waals surface area (Å²) in [5, 5.41) is 9.03. The molecule has 5 heteroatoms. The fourth-order valence-corrected chi connectivity index (χ4v) is 1.02. The smallest absolute Gasteiger partial charge is 0.290 e. The van der Waals surface area contributed by atoms with Crippen LogP contribution in [0.4, 0.5) is 0 Å². The molecule has 0 amide bonds.